The van der Waals surface area contributed by atoms with Gasteiger partial charge in [0.05, 0.1) is 5.69 Å². The lowest BCUT2D eigenvalue weighted by molar-refractivity contribution is 0.680. The zero-order valence-electron chi connectivity index (χ0n) is 13.1. The molecular weight excluding hydrogens is 280 g/mol. The van der Waals surface area contributed by atoms with Crippen LogP contribution < -0.4 is 10.2 Å². The molecule has 0 amide bonds. The fourth-order valence-corrected chi connectivity index (χ4v) is 3.44. The van der Waals surface area contributed by atoms with Gasteiger partial charge in [-0.05, 0) is 37.6 Å². The first kappa shape index (κ1) is 14.6. The third-order valence-corrected chi connectivity index (χ3v) is 5.03. The number of likely N-dealkylation sites (N-methyl/N-ethyl adjacent to an activating group) is 1. The van der Waals surface area contributed by atoms with Gasteiger partial charge in [0.1, 0.15) is 5.82 Å². The monoisotopic (exact) mass is 304 g/mol. The molecule has 1 aliphatic rings. The summed E-state index contributed by atoms with van der Waals surface area (Å²) in [7, 11) is 4.22. The second kappa shape index (κ2) is 6.20. The second-order valence-electron chi connectivity index (χ2n) is 5.92. The Labute approximate surface area is 130 Å². The van der Waals surface area contributed by atoms with Crippen LogP contribution in [0.1, 0.15) is 29.0 Å². The molecule has 0 aliphatic heterocycles. The van der Waals surface area contributed by atoms with Gasteiger partial charge in [0.25, 0.3) is 0 Å². The number of aryl methyl sites for hydroxylation is 2. The summed E-state index contributed by atoms with van der Waals surface area (Å²) in [5, 5.41) is 10.4. The van der Waals surface area contributed by atoms with Crippen molar-refractivity contribution >= 4 is 17.2 Å². The Balaban J connectivity index is 1.69. The highest BCUT2D eigenvalue weighted by Gasteiger charge is 2.23. The first-order valence-corrected chi connectivity index (χ1v) is 8.52. The molecule has 0 bridgehead atoms. The van der Waals surface area contributed by atoms with E-state index in [1.165, 1.54) is 29.1 Å². The smallest absolute Gasteiger partial charge is 0.131 e. The summed E-state index contributed by atoms with van der Waals surface area (Å²) >= 11 is 1.83. The van der Waals surface area contributed by atoms with Crippen LogP contribution >= 0.6 is 11.3 Å². The molecule has 2 aromatic heterocycles. The van der Waals surface area contributed by atoms with Crippen LogP contribution in [0.5, 0.6) is 0 Å². The molecule has 0 saturated heterocycles. The number of nitrogens with one attached hydrogen (secondary N) is 1. The van der Waals surface area contributed by atoms with E-state index in [0.29, 0.717) is 0 Å². The number of thiophene rings is 1. The van der Waals surface area contributed by atoms with Gasteiger partial charge < -0.3 is 10.2 Å². The zero-order chi connectivity index (χ0) is 14.8. The van der Waals surface area contributed by atoms with E-state index >= 15 is 0 Å². The van der Waals surface area contributed by atoms with Crippen molar-refractivity contribution in [3.8, 4) is 0 Å². The molecule has 0 atom stereocenters. The maximum atomic E-state index is 4.61. The van der Waals surface area contributed by atoms with Crippen molar-refractivity contribution in [1.29, 1.82) is 0 Å². The average molecular weight is 304 g/mol. The first-order valence-electron chi connectivity index (χ1n) is 7.64. The van der Waals surface area contributed by atoms with Crippen molar-refractivity contribution in [3.05, 3.63) is 33.6 Å². The molecule has 2 heterocycles. The average Bonchev–Trinajstić information content (AvgIpc) is 3.04. The standard InChI is InChI=1S/C16H24N4S/c1-12-15(11-17-13-6-7-13)16(20(3)18-12)19(2)9-8-14-5-4-10-21-14/h4-5,10,13,17H,6-9,11H2,1-3H3. The van der Waals surface area contributed by atoms with Crippen LogP contribution in [-0.4, -0.2) is 29.4 Å². The second-order valence-corrected chi connectivity index (χ2v) is 6.95. The van der Waals surface area contributed by atoms with Crippen molar-refractivity contribution < 1.29 is 0 Å². The largest absolute Gasteiger partial charge is 0.359 e. The third kappa shape index (κ3) is 3.47. The van der Waals surface area contributed by atoms with Gasteiger partial charge in [-0.1, -0.05) is 6.07 Å². The summed E-state index contributed by atoms with van der Waals surface area (Å²) in [5.41, 5.74) is 2.49. The fraction of sp³-hybridized carbons (Fsp3) is 0.562. The van der Waals surface area contributed by atoms with Gasteiger partial charge in [0, 0.05) is 43.7 Å². The molecule has 1 fully saturated rings. The van der Waals surface area contributed by atoms with E-state index in [9.17, 15) is 0 Å². The molecule has 3 rings (SSSR count). The topological polar surface area (TPSA) is 33.1 Å². The first-order chi connectivity index (χ1) is 10.1. The maximum absolute atomic E-state index is 4.61. The minimum Gasteiger partial charge on any atom is -0.359 e. The lowest BCUT2D eigenvalue weighted by Crippen LogP contribution is -2.25. The molecule has 0 spiro atoms. The van der Waals surface area contributed by atoms with E-state index in [2.05, 4.69) is 46.8 Å². The molecule has 0 unspecified atom stereocenters. The van der Waals surface area contributed by atoms with Crippen LogP contribution in [-0.2, 0) is 20.0 Å². The van der Waals surface area contributed by atoms with E-state index < -0.39 is 0 Å². The normalized spacial score (nSPS) is 14.6. The molecule has 1 saturated carbocycles. The SMILES string of the molecule is Cc1nn(C)c(N(C)CCc2cccs2)c1CNC1CC1. The fourth-order valence-electron chi connectivity index (χ4n) is 2.75. The molecule has 0 radical (unpaired) electrons. The minimum atomic E-state index is 0.730. The highest BCUT2D eigenvalue weighted by molar-refractivity contribution is 7.09. The summed E-state index contributed by atoms with van der Waals surface area (Å²) in [4.78, 5) is 3.78. The summed E-state index contributed by atoms with van der Waals surface area (Å²) in [6.45, 7) is 4.07. The number of aromatic nitrogens is 2. The van der Waals surface area contributed by atoms with Crippen LogP contribution in [0, 0.1) is 6.92 Å². The number of nitrogens with zero attached hydrogens (tertiary/aromatic N) is 3. The van der Waals surface area contributed by atoms with Gasteiger partial charge in [-0.3, -0.25) is 4.68 Å². The van der Waals surface area contributed by atoms with Crippen molar-refractivity contribution in [2.24, 2.45) is 7.05 Å². The van der Waals surface area contributed by atoms with Crippen molar-refractivity contribution in [1.82, 2.24) is 15.1 Å². The van der Waals surface area contributed by atoms with Crippen LogP contribution in [0.2, 0.25) is 0 Å². The Morgan fingerprint density at radius 2 is 2.29 bits per heavy atom. The van der Waals surface area contributed by atoms with E-state index in [0.717, 1.165) is 31.2 Å². The quantitative estimate of drug-likeness (QED) is 0.854. The van der Waals surface area contributed by atoms with Crippen LogP contribution in [0.4, 0.5) is 5.82 Å². The summed E-state index contributed by atoms with van der Waals surface area (Å²) in [6, 6.07) is 5.07. The van der Waals surface area contributed by atoms with Gasteiger partial charge in [-0.2, -0.15) is 5.10 Å². The Morgan fingerprint density at radius 3 is 2.95 bits per heavy atom. The number of hydrogen-bond acceptors (Lipinski definition) is 4. The van der Waals surface area contributed by atoms with E-state index in [4.69, 9.17) is 0 Å². The Kier molecular flexibility index (Phi) is 4.31. The lowest BCUT2D eigenvalue weighted by atomic mass is 10.2. The van der Waals surface area contributed by atoms with Gasteiger partial charge in [0.2, 0.25) is 0 Å². The van der Waals surface area contributed by atoms with Gasteiger partial charge in [-0.15, -0.1) is 11.3 Å². The summed E-state index contributed by atoms with van der Waals surface area (Å²) in [6.07, 6.45) is 3.74. The van der Waals surface area contributed by atoms with E-state index in [1.54, 1.807) is 0 Å². The van der Waals surface area contributed by atoms with Crippen LogP contribution in [0.3, 0.4) is 0 Å². The van der Waals surface area contributed by atoms with Gasteiger partial charge in [0.15, 0.2) is 0 Å². The minimum absolute atomic E-state index is 0.730. The molecule has 0 aromatic carbocycles. The summed E-state index contributed by atoms with van der Waals surface area (Å²) < 4.78 is 2.02. The lowest BCUT2D eigenvalue weighted by Gasteiger charge is -2.21. The maximum Gasteiger partial charge on any atom is 0.131 e. The van der Waals surface area contributed by atoms with E-state index in [1.807, 2.05) is 23.1 Å². The van der Waals surface area contributed by atoms with Crippen molar-refractivity contribution in [2.75, 3.05) is 18.5 Å². The molecule has 1 aliphatic carbocycles. The predicted octanol–water partition coefficient (Wildman–Crippen LogP) is 2.72. The molecule has 1 N–H and O–H groups in total. The molecule has 21 heavy (non-hydrogen) atoms. The molecule has 2 aromatic rings. The zero-order valence-corrected chi connectivity index (χ0v) is 13.9. The van der Waals surface area contributed by atoms with Gasteiger partial charge >= 0.3 is 0 Å². The highest BCUT2D eigenvalue weighted by atomic mass is 32.1. The Hall–Kier alpha value is -1.33. The Morgan fingerprint density at radius 1 is 1.48 bits per heavy atom. The molecule has 4 nitrogen and oxygen atoms in total. The summed E-state index contributed by atoms with van der Waals surface area (Å²) in [5.74, 6) is 1.25. The molecular formula is C16H24N4S. The van der Waals surface area contributed by atoms with Crippen molar-refractivity contribution in [3.63, 3.8) is 0 Å². The predicted molar refractivity (Wildman–Crippen MR) is 89.1 cm³/mol. The molecule has 114 valence electrons. The van der Waals surface area contributed by atoms with Crippen molar-refractivity contribution in [2.45, 2.75) is 38.8 Å². The highest BCUT2D eigenvalue weighted by Crippen LogP contribution is 2.25. The van der Waals surface area contributed by atoms with E-state index in [-0.39, 0.29) is 0 Å². The van der Waals surface area contributed by atoms with Crippen LogP contribution in [0.25, 0.3) is 0 Å². The van der Waals surface area contributed by atoms with Gasteiger partial charge in [-0.25, -0.2) is 0 Å². The Bertz CT molecular complexity index is 584. The number of rotatable bonds is 7. The van der Waals surface area contributed by atoms with Crippen LogP contribution in [0.15, 0.2) is 17.5 Å². The number of anilines is 1. The number of hydrogen-bond donors (Lipinski definition) is 1. The third-order valence-electron chi connectivity index (χ3n) is 4.09. The molecule has 5 heteroatoms.